The number of carbonyl (C=O) groups excluding carboxylic acids is 1. The molecular weight excluding hydrogens is 192 g/mol. The Kier molecular flexibility index (Phi) is 4.46. The second kappa shape index (κ2) is 5.63. The summed E-state index contributed by atoms with van der Waals surface area (Å²) < 4.78 is 4.66. The first-order chi connectivity index (χ1) is 7.19. The predicted octanol–water partition coefficient (Wildman–Crippen LogP) is 1.68. The van der Waals surface area contributed by atoms with Crippen molar-refractivity contribution in [2.24, 2.45) is 0 Å². The zero-order valence-electron chi connectivity index (χ0n) is 9.82. The Bertz CT molecular complexity index is 245. The van der Waals surface area contributed by atoms with E-state index in [4.69, 9.17) is 0 Å². The van der Waals surface area contributed by atoms with Gasteiger partial charge in [-0.25, -0.2) is 4.79 Å². The van der Waals surface area contributed by atoms with Crippen molar-refractivity contribution in [1.82, 2.24) is 9.80 Å². The molecule has 0 aliphatic carbocycles. The molecule has 0 saturated carbocycles. The van der Waals surface area contributed by atoms with Crippen molar-refractivity contribution >= 4 is 6.09 Å². The highest BCUT2D eigenvalue weighted by atomic mass is 16.5. The third-order valence-electron chi connectivity index (χ3n) is 2.73. The summed E-state index contributed by atoms with van der Waals surface area (Å²) >= 11 is 0. The number of hydrogen-bond acceptors (Lipinski definition) is 3. The number of allylic oxidation sites excluding steroid dienone is 1. The van der Waals surface area contributed by atoms with Crippen LogP contribution in [0.4, 0.5) is 4.79 Å². The Labute approximate surface area is 91.5 Å². The Morgan fingerprint density at radius 3 is 2.53 bits per heavy atom. The molecule has 1 heterocycles. The average Bonchev–Trinajstić information content (AvgIpc) is 2.77. The average molecular weight is 212 g/mol. The second-order valence-electron chi connectivity index (χ2n) is 3.80. The first kappa shape index (κ1) is 11.9. The van der Waals surface area contributed by atoms with Crippen molar-refractivity contribution in [3.05, 3.63) is 11.8 Å². The van der Waals surface area contributed by atoms with Gasteiger partial charge in [-0.2, -0.15) is 0 Å². The molecule has 86 valence electrons. The number of likely N-dealkylation sites (N-methyl/N-ethyl adjacent to an activating group) is 1. The molecule has 1 saturated heterocycles. The van der Waals surface area contributed by atoms with Gasteiger partial charge in [0.25, 0.3) is 0 Å². The molecule has 0 aromatic carbocycles. The van der Waals surface area contributed by atoms with Gasteiger partial charge in [0, 0.05) is 25.8 Å². The molecule has 0 spiro atoms. The zero-order valence-corrected chi connectivity index (χ0v) is 9.82. The largest absolute Gasteiger partial charge is 0.453 e. The third-order valence-corrected chi connectivity index (χ3v) is 2.73. The number of amides is 1. The predicted molar refractivity (Wildman–Crippen MR) is 59.6 cm³/mol. The van der Waals surface area contributed by atoms with E-state index < -0.39 is 0 Å². The highest BCUT2D eigenvalue weighted by Gasteiger charge is 2.17. The Morgan fingerprint density at radius 2 is 2.07 bits per heavy atom. The smallest absolute Gasteiger partial charge is 0.409 e. The minimum atomic E-state index is -0.284. The lowest BCUT2D eigenvalue weighted by Gasteiger charge is -2.25. The summed E-state index contributed by atoms with van der Waals surface area (Å²) in [5.41, 5.74) is 1.21. The summed E-state index contributed by atoms with van der Waals surface area (Å²) in [4.78, 5) is 15.2. The molecule has 15 heavy (non-hydrogen) atoms. The number of hydrogen-bond donors (Lipinski definition) is 0. The number of ether oxygens (including phenoxy) is 1. The summed E-state index contributed by atoms with van der Waals surface area (Å²) in [6.07, 6.45) is 4.29. The van der Waals surface area contributed by atoms with Crippen LogP contribution in [-0.4, -0.2) is 49.7 Å². The first-order valence-electron chi connectivity index (χ1n) is 5.38. The summed E-state index contributed by atoms with van der Waals surface area (Å²) in [7, 11) is 3.16. The van der Waals surface area contributed by atoms with Gasteiger partial charge in [-0.3, -0.25) is 0 Å². The lowest BCUT2D eigenvalue weighted by atomic mass is 10.3. The van der Waals surface area contributed by atoms with Crippen LogP contribution < -0.4 is 0 Å². The van der Waals surface area contributed by atoms with Gasteiger partial charge in [0.2, 0.25) is 0 Å². The van der Waals surface area contributed by atoms with Crippen LogP contribution in [0.25, 0.3) is 0 Å². The van der Waals surface area contributed by atoms with Crippen molar-refractivity contribution < 1.29 is 9.53 Å². The fourth-order valence-electron chi connectivity index (χ4n) is 1.84. The number of nitrogens with zero attached hydrogens (tertiary/aromatic N) is 2. The maximum atomic E-state index is 11.2. The maximum absolute atomic E-state index is 11.2. The lowest BCUT2D eigenvalue weighted by Crippen LogP contribution is -2.33. The van der Waals surface area contributed by atoms with Crippen molar-refractivity contribution in [1.29, 1.82) is 0 Å². The van der Waals surface area contributed by atoms with Crippen LogP contribution in [0.2, 0.25) is 0 Å². The third kappa shape index (κ3) is 3.15. The Morgan fingerprint density at radius 1 is 1.47 bits per heavy atom. The normalized spacial score (nSPS) is 16.7. The minimum Gasteiger partial charge on any atom is -0.453 e. The summed E-state index contributed by atoms with van der Waals surface area (Å²) in [6, 6.07) is 0. The molecule has 1 rings (SSSR count). The zero-order chi connectivity index (χ0) is 11.3. The van der Waals surface area contributed by atoms with Crippen molar-refractivity contribution in [2.75, 3.05) is 33.8 Å². The van der Waals surface area contributed by atoms with Gasteiger partial charge >= 0.3 is 6.09 Å². The highest BCUT2D eigenvalue weighted by molar-refractivity contribution is 5.67. The van der Waals surface area contributed by atoms with Crippen molar-refractivity contribution in [3.8, 4) is 0 Å². The maximum Gasteiger partial charge on any atom is 0.409 e. The van der Waals surface area contributed by atoms with Crippen LogP contribution in [0.3, 0.4) is 0 Å². The molecule has 0 bridgehead atoms. The molecule has 4 nitrogen and oxygen atoms in total. The molecule has 1 aliphatic heterocycles. The van der Waals surface area contributed by atoms with Crippen LogP contribution in [0.1, 0.15) is 19.8 Å². The van der Waals surface area contributed by atoms with E-state index in [9.17, 15) is 4.79 Å². The SMILES string of the molecule is CC=C(CN(C)C(=O)OC)N1CCCC1. The molecule has 4 heteroatoms. The Balaban J connectivity index is 2.50. The van der Waals surface area contributed by atoms with Crippen LogP contribution in [0.15, 0.2) is 11.8 Å². The van der Waals surface area contributed by atoms with Gasteiger partial charge in [-0.1, -0.05) is 6.08 Å². The monoisotopic (exact) mass is 212 g/mol. The molecule has 0 radical (unpaired) electrons. The fourth-order valence-corrected chi connectivity index (χ4v) is 1.84. The molecule has 0 aromatic heterocycles. The topological polar surface area (TPSA) is 32.8 Å². The number of methoxy groups -OCH3 is 1. The van der Waals surface area contributed by atoms with E-state index in [1.54, 1.807) is 11.9 Å². The lowest BCUT2D eigenvalue weighted by molar-refractivity contribution is 0.134. The fraction of sp³-hybridized carbons (Fsp3) is 0.727. The standard InChI is InChI=1S/C11H20N2O2/c1-4-10(13-7-5-6-8-13)9-12(2)11(14)15-3/h4H,5-9H2,1-3H3. The van der Waals surface area contributed by atoms with E-state index in [2.05, 4.69) is 15.7 Å². The molecule has 1 aliphatic rings. The van der Waals surface area contributed by atoms with E-state index in [0.717, 1.165) is 13.1 Å². The molecule has 1 amide bonds. The second-order valence-corrected chi connectivity index (χ2v) is 3.80. The van der Waals surface area contributed by atoms with Crippen molar-refractivity contribution in [3.63, 3.8) is 0 Å². The van der Waals surface area contributed by atoms with Gasteiger partial charge in [0.05, 0.1) is 13.7 Å². The Hall–Kier alpha value is -1.19. The molecule has 0 atom stereocenters. The van der Waals surface area contributed by atoms with Gasteiger partial charge in [-0.05, 0) is 19.8 Å². The van der Waals surface area contributed by atoms with E-state index in [1.807, 2.05) is 6.92 Å². The van der Waals surface area contributed by atoms with Crippen molar-refractivity contribution in [2.45, 2.75) is 19.8 Å². The van der Waals surface area contributed by atoms with Crippen LogP contribution >= 0.6 is 0 Å². The molecular formula is C11H20N2O2. The van der Waals surface area contributed by atoms with Gasteiger partial charge in [-0.15, -0.1) is 0 Å². The van der Waals surface area contributed by atoms with Gasteiger partial charge < -0.3 is 14.5 Å². The van der Waals surface area contributed by atoms with E-state index in [1.165, 1.54) is 25.6 Å². The minimum absolute atomic E-state index is 0.284. The summed E-state index contributed by atoms with van der Waals surface area (Å²) in [5.74, 6) is 0. The van der Waals surface area contributed by atoms with Crippen LogP contribution in [0.5, 0.6) is 0 Å². The number of likely N-dealkylation sites (tertiary alicyclic amines) is 1. The van der Waals surface area contributed by atoms with E-state index in [0.29, 0.717) is 6.54 Å². The first-order valence-corrected chi connectivity index (χ1v) is 5.38. The quantitative estimate of drug-likeness (QED) is 0.713. The summed E-state index contributed by atoms with van der Waals surface area (Å²) in [5, 5.41) is 0. The van der Waals surface area contributed by atoms with Crippen LogP contribution in [0, 0.1) is 0 Å². The molecule has 0 aromatic rings. The number of rotatable bonds is 3. The number of carbonyl (C=O) groups is 1. The van der Waals surface area contributed by atoms with Crippen LogP contribution in [-0.2, 0) is 4.74 Å². The summed E-state index contributed by atoms with van der Waals surface area (Å²) in [6.45, 7) is 4.85. The van der Waals surface area contributed by atoms with E-state index >= 15 is 0 Å². The molecule has 1 fully saturated rings. The molecule has 0 N–H and O–H groups in total. The van der Waals surface area contributed by atoms with Gasteiger partial charge in [0.1, 0.15) is 0 Å². The molecule has 0 unspecified atom stereocenters. The highest BCUT2D eigenvalue weighted by Crippen LogP contribution is 2.15. The van der Waals surface area contributed by atoms with Gasteiger partial charge in [0.15, 0.2) is 0 Å². The van der Waals surface area contributed by atoms with E-state index in [-0.39, 0.29) is 6.09 Å².